The second-order valence-corrected chi connectivity index (χ2v) is 8.19. The number of aliphatic hydroxyl groups is 1. The van der Waals surface area contributed by atoms with Crippen LogP contribution in [0.2, 0.25) is 0 Å². The number of fused-ring (bicyclic) bond motifs is 1. The summed E-state index contributed by atoms with van der Waals surface area (Å²) in [4.78, 5) is 21.0. The summed E-state index contributed by atoms with van der Waals surface area (Å²) in [6.45, 7) is 6.27. The van der Waals surface area contributed by atoms with Gasteiger partial charge in [0.2, 0.25) is 5.88 Å². The summed E-state index contributed by atoms with van der Waals surface area (Å²) in [7, 11) is 3.03. The summed E-state index contributed by atoms with van der Waals surface area (Å²) < 4.78 is 16.9. The third-order valence-corrected chi connectivity index (χ3v) is 6.05. The average molecular weight is 417 g/mol. The molecule has 3 aromatic rings. The van der Waals surface area contributed by atoms with Crippen molar-refractivity contribution >= 4 is 27.4 Å². The normalized spacial score (nSPS) is 15.0. The molecule has 1 saturated heterocycles. The largest absolute Gasteiger partial charge is 0.480 e. The van der Waals surface area contributed by atoms with E-state index in [1.165, 1.54) is 25.6 Å². The van der Waals surface area contributed by atoms with Crippen LogP contribution in [0.4, 0.5) is 5.82 Å². The first-order valence-corrected chi connectivity index (χ1v) is 10.0. The number of thiophene rings is 1. The Morgan fingerprint density at radius 1 is 1.14 bits per heavy atom. The van der Waals surface area contributed by atoms with Gasteiger partial charge < -0.3 is 24.2 Å². The van der Waals surface area contributed by atoms with Gasteiger partial charge in [-0.15, -0.1) is 11.3 Å². The molecule has 0 aromatic carbocycles. The van der Waals surface area contributed by atoms with Gasteiger partial charge in [0.1, 0.15) is 5.56 Å². The molecule has 4 heterocycles. The molecule has 154 valence electrons. The van der Waals surface area contributed by atoms with Crippen LogP contribution in [0.5, 0.6) is 11.9 Å². The number of methoxy groups -OCH3 is 2. The molecule has 0 unspecified atom stereocenters. The number of anilines is 1. The SMILES string of the molecule is COc1ncc(-c2nc(N3CCOCC3)c3sc(C(C)(C)O)cc3n2)c(OC)n1. The molecular weight excluding hydrogens is 394 g/mol. The van der Waals surface area contributed by atoms with Crippen molar-refractivity contribution < 1.29 is 19.3 Å². The highest BCUT2D eigenvalue weighted by Gasteiger charge is 2.25. The van der Waals surface area contributed by atoms with Gasteiger partial charge in [-0.05, 0) is 19.9 Å². The highest BCUT2D eigenvalue weighted by atomic mass is 32.1. The highest BCUT2D eigenvalue weighted by Crippen LogP contribution is 2.39. The van der Waals surface area contributed by atoms with E-state index in [9.17, 15) is 5.11 Å². The van der Waals surface area contributed by atoms with Gasteiger partial charge in [0.25, 0.3) is 0 Å². The van der Waals surface area contributed by atoms with Gasteiger partial charge in [-0.3, -0.25) is 0 Å². The first kappa shape index (κ1) is 19.7. The number of hydrogen-bond donors (Lipinski definition) is 1. The second kappa shape index (κ2) is 7.69. The Labute approximate surface area is 172 Å². The lowest BCUT2D eigenvalue weighted by Gasteiger charge is -2.28. The minimum absolute atomic E-state index is 0.208. The van der Waals surface area contributed by atoms with Crippen LogP contribution >= 0.6 is 11.3 Å². The van der Waals surface area contributed by atoms with Crippen molar-refractivity contribution in [3.05, 3.63) is 17.1 Å². The Morgan fingerprint density at radius 3 is 2.55 bits per heavy atom. The highest BCUT2D eigenvalue weighted by molar-refractivity contribution is 7.19. The zero-order valence-electron chi connectivity index (χ0n) is 16.8. The van der Waals surface area contributed by atoms with Gasteiger partial charge >= 0.3 is 6.01 Å². The lowest BCUT2D eigenvalue weighted by molar-refractivity contribution is 0.0826. The molecule has 0 amide bonds. The van der Waals surface area contributed by atoms with E-state index in [-0.39, 0.29) is 6.01 Å². The number of nitrogens with zero attached hydrogens (tertiary/aromatic N) is 5. The topological polar surface area (TPSA) is 103 Å². The molecule has 0 aliphatic carbocycles. The number of morpholine rings is 1. The number of rotatable bonds is 5. The molecule has 1 fully saturated rings. The van der Waals surface area contributed by atoms with Crippen molar-refractivity contribution in [3.8, 4) is 23.3 Å². The van der Waals surface area contributed by atoms with Crippen molar-refractivity contribution in [3.63, 3.8) is 0 Å². The van der Waals surface area contributed by atoms with E-state index in [4.69, 9.17) is 24.2 Å². The molecule has 1 aliphatic rings. The maximum Gasteiger partial charge on any atom is 0.319 e. The monoisotopic (exact) mass is 417 g/mol. The first-order valence-electron chi connectivity index (χ1n) is 9.23. The summed E-state index contributed by atoms with van der Waals surface area (Å²) in [5, 5.41) is 10.5. The molecule has 9 nitrogen and oxygen atoms in total. The van der Waals surface area contributed by atoms with Crippen LogP contribution in [0, 0.1) is 0 Å². The third-order valence-electron chi connectivity index (χ3n) is 4.62. The van der Waals surface area contributed by atoms with Crippen LogP contribution in [-0.4, -0.2) is 65.6 Å². The smallest absolute Gasteiger partial charge is 0.319 e. The van der Waals surface area contributed by atoms with Gasteiger partial charge in [-0.25, -0.2) is 15.0 Å². The molecule has 0 atom stereocenters. The lowest BCUT2D eigenvalue weighted by Crippen LogP contribution is -2.36. The van der Waals surface area contributed by atoms with Crippen LogP contribution in [0.15, 0.2) is 12.3 Å². The number of aromatic nitrogens is 4. The van der Waals surface area contributed by atoms with Crippen LogP contribution in [0.1, 0.15) is 18.7 Å². The predicted molar refractivity (Wildman–Crippen MR) is 110 cm³/mol. The van der Waals surface area contributed by atoms with E-state index in [2.05, 4.69) is 14.9 Å². The summed E-state index contributed by atoms with van der Waals surface area (Å²) in [6.07, 6.45) is 1.60. The summed E-state index contributed by atoms with van der Waals surface area (Å²) in [5.41, 5.74) is 0.367. The molecule has 3 aromatic heterocycles. The molecule has 0 saturated carbocycles. The van der Waals surface area contributed by atoms with E-state index in [1.54, 1.807) is 20.0 Å². The van der Waals surface area contributed by atoms with Gasteiger partial charge in [-0.1, -0.05) is 0 Å². The fourth-order valence-electron chi connectivity index (χ4n) is 3.08. The molecule has 29 heavy (non-hydrogen) atoms. The Bertz CT molecular complexity index is 1030. The molecule has 10 heteroatoms. The Balaban J connectivity index is 1.91. The van der Waals surface area contributed by atoms with Crippen molar-refractivity contribution in [1.29, 1.82) is 0 Å². The van der Waals surface area contributed by atoms with Gasteiger partial charge in [-0.2, -0.15) is 4.98 Å². The van der Waals surface area contributed by atoms with E-state index < -0.39 is 5.60 Å². The zero-order chi connectivity index (χ0) is 20.6. The molecule has 0 radical (unpaired) electrons. The lowest BCUT2D eigenvalue weighted by atomic mass is 10.1. The van der Waals surface area contributed by atoms with Crippen molar-refractivity contribution in [2.75, 3.05) is 45.4 Å². The van der Waals surface area contributed by atoms with Crippen LogP contribution in [0.25, 0.3) is 21.6 Å². The number of hydrogen-bond acceptors (Lipinski definition) is 10. The Hall–Kier alpha value is -2.56. The minimum atomic E-state index is -0.964. The van der Waals surface area contributed by atoms with E-state index in [0.717, 1.165) is 34.0 Å². The van der Waals surface area contributed by atoms with Crippen molar-refractivity contribution in [1.82, 2.24) is 19.9 Å². The molecular formula is C19H23N5O4S. The van der Waals surface area contributed by atoms with Crippen molar-refractivity contribution in [2.45, 2.75) is 19.4 Å². The Morgan fingerprint density at radius 2 is 1.90 bits per heavy atom. The maximum atomic E-state index is 10.5. The molecule has 4 rings (SSSR count). The second-order valence-electron chi connectivity index (χ2n) is 7.13. The Kier molecular flexibility index (Phi) is 5.24. The van der Waals surface area contributed by atoms with Crippen LogP contribution < -0.4 is 14.4 Å². The molecule has 1 aliphatic heterocycles. The summed E-state index contributed by atoms with van der Waals surface area (Å²) in [6, 6.07) is 2.12. The molecule has 1 N–H and O–H groups in total. The third kappa shape index (κ3) is 3.83. The zero-order valence-corrected chi connectivity index (χ0v) is 17.6. The van der Waals surface area contributed by atoms with Gasteiger partial charge in [0.15, 0.2) is 11.6 Å². The van der Waals surface area contributed by atoms with Gasteiger partial charge in [0.05, 0.1) is 43.3 Å². The van der Waals surface area contributed by atoms with Gasteiger partial charge in [0, 0.05) is 24.2 Å². The van der Waals surface area contributed by atoms with E-state index >= 15 is 0 Å². The van der Waals surface area contributed by atoms with E-state index in [1.807, 2.05) is 6.07 Å². The maximum absolute atomic E-state index is 10.5. The summed E-state index contributed by atoms with van der Waals surface area (Å²) >= 11 is 1.50. The first-order chi connectivity index (χ1) is 13.9. The molecule has 0 bridgehead atoms. The fraction of sp³-hybridized carbons (Fsp3) is 0.474. The summed E-state index contributed by atoms with van der Waals surface area (Å²) in [5.74, 6) is 1.60. The quantitative estimate of drug-likeness (QED) is 0.669. The van der Waals surface area contributed by atoms with Crippen LogP contribution in [-0.2, 0) is 10.3 Å². The fourth-order valence-corrected chi connectivity index (χ4v) is 4.20. The number of ether oxygens (including phenoxy) is 3. The predicted octanol–water partition coefficient (Wildman–Crippen LogP) is 2.23. The van der Waals surface area contributed by atoms with E-state index in [0.29, 0.717) is 30.5 Å². The average Bonchev–Trinajstić information content (AvgIpc) is 3.18. The standard InChI is InChI=1S/C19H23N5O4S/c1-19(2,25)13-9-12-14(29-13)16(24-5-7-28-8-6-24)22-15(21-12)11-10-20-18(27-4)23-17(11)26-3/h9-10,25H,5-8H2,1-4H3. The molecule has 0 spiro atoms. The minimum Gasteiger partial charge on any atom is -0.480 e. The van der Waals surface area contributed by atoms with Crippen molar-refractivity contribution in [2.24, 2.45) is 0 Å². The van der Waals surface area contributed by atoms with Crippen LogP contribution in [0.3, 0.4) is 0 Å².